The fourth-order valence-electron chi connectivity index (χ4n) is 2.14. The van der Waals surface area contributed by atoms with Gasteiger partial charge in [0.1, 0.15) is 0 Å². The van der Waals surface area contributed by atoms with E-state index in [9.17, 15) is 0 Å². The van der Waals surface area contributed by atoms with E-state index < -0.39 is 0 Å². The maximum Gasteiger partial charge on any atom is 0.0458 e. The van der Waals surface area contributed by atoms with Crippen molar-refractivity contribution in [3.63, 3.8) is 0 Å². The maximum atomic E-state index is 3.80. The molecule has 0 aliphatic carbocycles. The summed E-state index contributed by atoms with van der Waals surface area (Å²) >= 11 is 0. The molecule has 0 saturated carbocycles. The van der Waals surface area contributed by atoms with Crippen LogP contribution in [0.4, 0.5) is 11.4 Å². The number of benzene rings is 2. The molecule has 20 heavy (non-hydrogen) atoms. The van der Waals surface area contributed by atoms with Crippen LogP contribution in [0.25, 0.3) is 6.08 Å². The Labute approximate surface area is 121 Å². The van der Waals surface area contributed by atoms with Gasteiger partial charge >= 0.3 is 0 Å². The Morgan fingerprint density at radius 2 is 1.45 bits per heavy atom. The fraction of sp³-hybridized carbons (Fsp3) is 0.158. The van der Waals surface area contributed by atoms with Gasteiger partial charge in [0, 0.05) is 17.1 Å². The Morgan fingerprint density at radius 1 is 0.950 bits per heavy atom. The highest BCUT2D eigenvalue weighted by Crippen LogP contribution is 2.30. The zero-order chi connectivity index (χ0) is 14.5. The minimum atomic E-state index is 1.13. The average molecular weight is 263 g/mol. The zero-order valence-electron chi connectivity index (χ0n) is 12.4. The van der Waals surface area contributed by atoms with Gasteiger partial charge in [-0.05, 0) is 50.6 Å². The first kappa shape index (κ1) is 14.1. The summed E-state index contributed by atoms with van der Waals surface area (Å²) in [6, 6.07) is 17.0. The van der Waals surface area contributed by atoms with Gasteiger partial charge in [-0.3, -0.25) is 0 Å². The lowest BCUT2D eigenvalue weighted by molar-refractivity contribution is 1.14. The highest BCUT2D eigenvalue weighted by atomic mass is 15.1. The highest BCUT2D eigenvalue weighted by Gasteiger charge is 2.10. The van der Waals surface area contributed by atoms with Gasteiger partial charge in [0.05, 0.1) is 0 Å². The van der Waals surface area contributed by atoms with E-state index in [1.54, 1.807) is 0 Å². The SMILES string of the molecule is C=Cc1ccc(N(/C(C)=C/C)c2ccc(C)cc2)cc1. The van der Waals surface area contributed by atoms with Crippen LogP contribution >= 0.6 is 0 Å². The molecule has 1 heteroatoms. The Bertz CT molecular complexity index is 603. The van der Waals surface area contributed by atoms with E-state index in [-0.39, 0.29) is 0 Å². The van der Waals surface area contributed by atoms with Gasteiger partial charge in [-0.2, -0.15) is 0 Å². The number of allylic oxidation sites excluding steroid dienone is 2. The molecule has 0 unspecified atom stereocenters. The van der Waals surface area contributed by atoms with Crippen LogP contribution in [0, 0.1) is 6.92 Å². The van der Waals surface area contributed by atoms with Crippen LogP contribution in [0.5, 0.6) is 0 Å². The zero-order valence-corrected chi connectivity index (χ0v) is 12.4. The molecule has 0 spiro atoms. The van der Waals surface area contributed by atoms with Crippen molar-refractivity contribution in [2.45, 2.75) is 20.8 Å². The van der Waals surface area contributed by atoms with E-state index in [1.807, 2.05) is 6.08 Å². The molecule has 0 heterocycles. The normalized spacial score (nSPS) is 11.2. The Kier molecular flexibility index (Phi) is 4.41. The first-order valence-corrected chi connectivity index (χ1v) is 6.88. The minimum absolute atomic E-state index is 1.13. The lowest BCUT2D eigenvalue weighted by Crippen LogP contribution is -2.14. The van der Waals surface area contributed by atoms with Crippen LogP contribution in [0.3, 0.4) is 0 Å². The molecule has 0 aliphatic rings. The number of aryl methyl sites for hydroxylation is 1. The van der Waals surface area contributed by atoms with Gasteiger partial charge in [-0.1, -0.05) is 48.6 Å². The van der Waals surface area contributed by atoms with Crippen molar-refractivity contribution in [3.05, 3.63) is 78.0 Å². The lowest BCUT2D eigenvalue weighted by Gasteiger charge is -2.26. The lowest BCUT2D eigenvalue weighted by atomic mass is 10.1. The van der Waals surface area contributed by atoms with E-state index >= 15 is 0 Å². The van der Waals surface area contributed by atoms with Gasteiger partial charge in [0.15, 0.2) is 0 Å². The standard InChI is InChI=1S/C19H21N/c1-5-16(4)20(18-11-7-15(3)8-12-18)19-13-9-17(6-2)10-14-19/h5-14H,2H2,1,3-4H3/b16-5+. The van der Waals surface area contributed by atoms with E-state index in [2.05, 4.69) is 86.9 Å². The maximum absolute atomic E-state index is 3.80. The van der Waals surface area contributed by atoms with Crippen molar-refractivity contribution in [1.82, 2.24) is 0 Å². The van der Waals surface area contributed by atoms with Crippen LogP contribution in [0.2, 0.25) is 0 Å². The first-order chi connectivity index (χ1) is 9.65. The molecule has 0 fully saturated rings. The third-order valence-electron chi connectivity index (χ3n) is 3.45. The van der Waals surface area contributed by atoms with Crippen LogP contribution in [-0.4, -0.2) is 0 Å². The van der Waals surface area contributed by atoms with Gasteiger partial charge < -0.3 is 4.90 Å². The second-order valence-electron chi connectivity index (χ2n) is 4.90. The smallest absolute Gasteiger partial charge is 0.0458 e. The molecule has 0 aliphatic heterocycles. The molecular weight excluding hydrogens is 242 g/mol. The molecular formula is C19H21N. The topological polar surface area (TPSA) is 3.24 Å². The number of hydrogen-bond acceptors (Lipinski definition) is 1. The van der Waals surface area contributed by atoms with Crippen LogP contribution < -0.4 is 4.90 Å². The van der Waals surface area contributed by atoms with Gasteiger partial charge in [0.2, 0.25) is 0 Å². The molecule has 0 aromatic heterocycles. The monoisotopic (exact) mass is 263 g/mol. The molecule has 102 valence electrons. The molecule has 0 amide bonds. The predicted molar refractivity (Wildman–Crippen MR) is 89.3 cm³/mol. The van der Waals surface area contributed by atoms with Crippen molar-refractivity contribution in [2.75, 3.05) is 4.90 Å². The summed E-state index contributed by atoms with van der Waals surface area (Å²) in [5.41, 5.74) is 5.96. The molecule has 0 bridgehead atoms. The van der Waals surface area contributed by atoms with E-state index in [0.29, 0.717) is 0 Å². The quantitative estimate of drug-likeness (QED) is 0.684. The van der Waals surface area contributed by atoms with Gasteiger partial charge in [0.25, 0.3) is 0 Å². The van der Waals surface area contributed by atoms with E-state index in [0.717, 1.165) is 11.3 Å². The summed E-state index contributed by atoms with van der Waals surface area (Å²) in [6.07, 6.45) is 3.99. The number of rotatable bonds is 4. The summed E-state index contributed by atoms with van der Waals surface area (Å²) in [5.74, 6) is 0. The number of anilines is 2. The largest absolute Gasteiger partial charge is 0.315 e. The molecule has 1 nitrogen and oxygen atoms in total. The van der Waals surface area contributed by atoms with Crippen molar-refractivity contribution >= 4 is 17.5 Å². The third kappa shape index (κ3) is 3.00. The first-order valence-electron chi connectivity index (χ1n) is 6.88. The van der Waals surface area contributed by atoms with Crippen LogP contribution in [0.15, 0.2) is 66.9 Å². The number of nitrogens with zero attached hydrogens (tertiary/aromatic N) is 1. The third-order valence-corrected chi connectivity index (χ3v) is 3.45. The van der Waals surface area contributed by atoms with E-state index in [4.69, 9.17) is 0 Å². The van der Waals surface area contributed by atoms with Crippen molar-refractivity contribution in [2.24, 2.45) is 0 Å². The second-order valence-corrected chi connectivity index (χ2v) is 4.90. The summed E-state index contributed by atoms with van der Waals surface area (Å²) in [4.78, 5) is 2.26. The minimum Gasteiger partial charge on any atom is -0.315 e. The Morgan fingerprint density at radius 3 is 1.90 bits per heavy atom. The van der Waals surface area contributed by atoms with Crippen molar-refractivity contribution in [1.29, 1.82) is 0 Å². The van der Waals surface area contributed by atoms with Crippen LogP contribution in [-0.2, 0) is 0 Å². The molecule has 2 rings (SSSR count). The summed E-state index contributed by atoms with van der Waals surface area (Å²) < 4.78 is 0. The second kappa shape index (κ2) is 6.25. The van der Waals surface area contributed by atoms with E-state index in [1.165, 1.54) is 16.9 Å². The fourth-order valence-corrected chi connectivity index (χ4v) is 2.14. The molecule has 0 saturated heterocycles. The molecule has 0 radical (unpaired) electrons. The summed E-state index contributed by atoms with van der Waals surface area (Å²) in [6.45, 7) is 10.1. The Balaban J connectivity index is 2.46. The summed E-state index contributed by atoms with van der Waals surface area (Å²) in [7, 11) is 0. The summed E-state index contributed by atoms with van der Waals surface area (Å²) in [5, 5.41) is 0. The molecule has 0 N–H and O–H groups in total. The van der Waals surface area contributed by atoms with Gasteiger partial charge in [-0.25, -0.2) is 0 Å². The Hall–Kier alpha value is -2.28. The number of hydrogen-bond donors (Lipinski definition) is 0. The molecule has 2 aromatic rings. The highest BCUT2D eigenvalue weighted by molar-refractivity contribution is 5.69. The average Bonchev–Trinajstić information content (AvgIpc) is 2.50. The van der Waals surface area contributed by atoms with Crippen molar-refractivity contribution in [3.8, 4) is 0 Å². The van der Waals surface area contributed by atoms with Crippen LogP contribution in [0.1, 0.15) is 25.0 Å². The predicted octanol–water partition coefficient (Wildman–Crippen LogP) is 5.70. The van der Waals surface area contributed by atoms with Gasteiger partial charge in [-0.15, -0.1) is 0 Å². The molecule has 0 atom stereocenters. The molecule has 2 aromatic carbocycles. The van der Waals surface area contributed by atoms with Crippen molar-refractivity contribution < 1.29 is 0 Å².